The zero-order valence-electron chi connectivity index (χ0n) is 16.2. The Kier molecular flexibility index (Phi) is 7.03. The highest BCUT2D eigenvalue weighted by Crippen LogP contribution is 2.28. The Labute approximate surface area is 166 Å². The molecule has 0 aliphatic carbocycles. The largest absolute Gasteiger partial charge is 0.488 e. The van der Waals surface area contributed by atoms with Crippen molar-refractivity contribution in [3.63, 3.8) is 0 Å². The number of nitrogens with one attached hydrogen (secondary N) is 1. The third kappa shape index (κ3) is 5.32. The molecule has 1 amide bonds. The average molecular weight is 378 g/mol. The van der Waals surface area contributed by atoms with Crippen LogP contribution in [0.25, 0.3) is 6.08 Å². The van der Waals surface area contributed by atoms with Crippen LogP contribution in [0.5, 0.6) is 0 Å². The molecule has 1 heterocycles. The highest BCUT2D eigenvalue weighted by molar-refractivity contribution is 6.58. The van der Waals surface area contributed by atoms with Gasteiger partial charge in [0.1, 0.15) is 0 Å². The fourth-order valence-electron chi connectivity index (χ4n) is 3.69. The predicted octanol–water partition coefficient (Wildman–Crippen LogP) is 1.51. The maximum absolute atomic E-state index is 12.5. The van der Waals surface area contributed by atoms with E-state index in [0.717, 1.165) is 38.0 Å². The standard InChI is InChI=1S/C22H27BN2O3/c1-24-16-18-5-2-6-20(14-18)19-10-12-25(13-11-19)22(26)9-8-17-4-3-7-21(15-17)23(27)28/h2-9,14-15,19,24,27-28H,10-13,16H2,1H3. The lowest BCUT2D eigenvalue weighted by Gasteiger charge is -2.31. The van der Waals surface area contributed by atoms with E-state index >= 15 is 0 Å². The third-order valence-electron chi connectivity index (χ3n) is 5.24. The molecule has 28 heavy (non-hydrogen) atoms. The van der Waals surface area contributed by atoms with E-state index in [1.165, 1.54) is 11.1 Å². The Morgan fingerprint density at radius 1 is 1.18 bits per heavy atom. The highest BCUT2D eigenvalue weighted by Gasteiger charge is 2.22. The molecule has 5 nitrogen and oxygen atoms in total. The molecule has 0 aromatic heterocycles. The molecule has 0 spiro atoms. The van der Waals surface area contributed by atoms with Gasteiger partial charge in [-0.3, -0.25) is 4.79 Å². The number of piperidine rings is 1. The second-order valence-electron chi connectivity index (χ2n) is 7.25. The molecule has 146 valence electrons. The number of likely N-dealkylation sites (tertiary alicyclic amines) is 1. The first-order chi connectivity index (χ1) is 13.6. The van der Waals surface area contributed by atoms with E-state index in [-0.39, 0.29) is 5.91 Å². The van der Waals surface area contributed by atoms with E-state index in [2.05, 4.69) is 29.6 Å². The molecule has 0 radical (unpaired) electrons. The molecule has 0 bridgehead atoms. The molecule has 2 aromatic rings. The minimum absolute atomic E-state index is 0.00247. The lowest BCUT2D eigenvalue weighted by atomic mass is 9.79. The van der Waals surface area contributed by atoms with E-state index in [1.807, 2.05) is 18.0 Å². The van der Waals surface area contributed by atoms with Gasteiger partial charge < -0.3 is 20.3 Å². The predicted molar refractivity (Wildman–Crippen MR) is 113 cm³/mol. The maximum Gasteiger partial charge on any atom is 0.488 e. The number of benzene rings is 2. The van der Waals surface area contributed by atoms with E-state index in [4.69, 9.17) is 0 Å². The summed E-state index contributed by atoms with van der Waals surface area (Å²) < 4.78 is 0. The van der Waals surface area contributed by atoms with Crippen LogP contribution in [0.15, 0.2) is 54.6 Å². The van der Waals surface area contributed by atoms with Crippen LogP contribution in [-0.4, -0.2) is 48.1 Å². The fraction of sp³-hybridized carbons (Fsp3) is 0.318. The summed E-state index contributed by atoms with van der Waals surface area (Å²) in [5, 5.41) is 21.7. The normalized spacial score (nSPS) is 15.2. The van der Waals surface area contributed by atoms with E-state index < -0.39 is 7.12 Å². The van der Waals surface area contributed by atoms with Gasteiger partial charge in [0.2, 0.25) is 5.91 Å². The Bertz CT molecular complexity index is 830. The summed E-state index contributed by atoms with van der Waals surface area (Å²) in [6, 6.07) is 15.6. The number of carbonyl (C=O) groups excluding carboxylic acids is 1. The SMILES string of the molecule is CNCc1cccc(C2CCN(C(=O)C=Cc3cccc(B(O)O)c3)CC2)c1. The molecule has 1 aliphatic rings. The van der Waals surface area contributed by atoms with Crippen LogP contribution in [0.1, 0.15) is 35.4 Å². The summed E-state index contributed by atoms with van der Waals surface area (Å²) in [5.74, 6) is 0.491. The molecular weight excluding hydrogens is 351 g/mol. The summed E-state index contributed by atoms with van der Waals surface area (Å²) in [6.07, 6.45) is 5.22. The van der Waals surface area contributed by atoms with Gasteiger partial charge in [-0.25, -0.2) is 0 Å². The smallest absolute Gasteiger partial charge is 0.423 e. The zero-order chi connectivity index (χ0) is 19.9. The van der Waals surface area contributed by atoms with E-state index in [0.29, 0.717) is 11.4 Å². The molecule has 1 aliphatic heterocycles. The van der Waals surface area contributed by atoms with Crippen molar-refractivity contribution in [2.45, 2.75) is 25.3 Å². The highest BCUT2D eigenvalue weighted by atomic mass is 16.4. The maximum atomic E-state index is 12.5. The van der Waals surface area contributed by atoms with Crippen LogP contribution in [0.3, 0.4) is 0 Å². The van der Waals surface area contributed by atoms with Gasteiger partial charge in [-0.05, 0) is 54.0 Å². The van der Waals surface area contributed by atoms with Crippen LogP contribution < -0.4 is 10.8 Å². The molecule has 3 N–H and O–H groups in total. The molecule has 0 atom stereocenters. The van der Waals surface area contributed by atoms with Gasteiger partial charge in [0.25, 0.3) is 0 Å². The Balaban J connectivity index is 1.56. The minimum atomic E-state index is -1.50. The fourth-order valence-corrected chi connectivity index (χ4v) is 3.69. The van der Waals surface area contributed by atoms with Crippen LogP contribution in [0, 0.1) is 0 Å². The van der Waals surface area contributed by atoms with Crippen molar-refractivity contribution < 1.29 is 14.8 Å². The monoisotopic (exact) mass is 378 g/mol. The van der Waals surface area contributed by atoms with Crippen molar-refractivity contribution in [1.82, 2.24) is 10.2 Å². The number of nitrogens with zero attached hydrogens (tertiary/aromatic N) is 1. The van der Waals surface area contributed by atoms with Crippen molar-refractivity contribution in [3.05, 3.63) is 71.3 Å². The molecule has 6 heteroatoms. The van der Waals surface area contributed by atoms with Gasteiger partial charge in [0.05, 0.1) is 0 Å². The van der Waals surface area contributed by atoms with Crippen molar-refractivity contribution >= 4 is 24.6 Å². The van der Waals surface area contributed by atoms with Gasteiger partial charge in [-0.15, -0.1) is 0 Å². The van der Waals surface area contributed by atoms with E-state index in [1.54, 1.807) is 30.4 Å². The summed E-state index contributed by atoms with van der Waals surface area (Å²) >= 11 is 0. The van der Waals surface area contributed by atoms with Crippen LogP contribution >= 0.6 is 0 Å². The summed E-state index contributed by atoms with van der Waals surface area (Å²) in [6.45, 7) is 2.36. The van der Waals surface area contributed by atoms with E-state index in [9.17, 15) is 14.8 Å². The average Bonchev–Trinajstić information content (AvgIpc) is 2.73. The van der Waals surface area contributed by atoms with Gasteiger partial charge >= 0.3 is 7.12 Å². The number of amides is 1. The van der Waals surface area contributed by atoms with Crippen molar-refractivity contribution in [3.8, 4) is 0 Å². The van der Waals surface area contributed by atoms with Crippen molar-refractivity contribution in [2.75, 3.05) is 20.1 Å². The van der Waals surface area contributed by atoms with Crippen molar-refractivity contribution in [1.29, 1.82) is 0 Å². The molecule has 3 rings (SSSR count). The molecule has 1 fully saturated rings. The topological polar surface area (TPSA) is 72.8 Å². The van der Waals surface area contributed by atoms with Gasteiger partial charge in [-0.2, -0.15) is 0 Å². The number of hydrogen-bond donors (Lipinski definition) is 3. The lowest BCUT2D eigenvalue weighted by Crippen LogP contribution is -2.36. The molecular formula is C22H27BN2O3. The first-order valence-corrected chi connectivity index (χ1v) is 9.73. The Morgan fingerprint density at radius 3 is 2.64 bits per heavy atom. The molecule has 1 saturated heterocycles. The molecule has 0 unspecified atom stereocenters. The Hall–Kier alpha value is -2.41. The van der Waals surface area contributed by atoms with Gasteiger partial charge in [-0.1, -0.05) is 48.5 Å². The van der Waals surface area contributed by atoms with Crippen LogP contribution in [-0.2, 0) is 11.3 Å². The van der Waals surface area contributed by atoms with Gasteiger partial charge in [0.15, 0.2) is 0 Å². The van der Waals surface area contributed by atoms with Gasteiger partial charge in [0, 0.05) is 25.7 Å². The first kappa shape index (κ1) is 20.3. The van der Waals surface area contributed by atoms with Crippen LogP contribution in [0.2, 0.25) is 0 Å². The van der Waals surface area contributed by atoms with Crippen LogP contribution in [0.4, 0.5) is 0 Å². The number of hydrogen-bond acceptors (Lipinski definition) is 4. The number of carbonyl (C=O) groups is 1. The Morgan fingerprint density at radius 2 is 1.93 bits per heavy atom. The second kappa shape index (κ2) is 9.69. The summed E-state index contributed by atoms with van der Waals surface area (Å²) in [7, 11) is 0.446. The summed E-state index contributed by atoms with van der Waals surface area (Å²) in [5.41, 5.74) is 3.83. The zero-order valence-corrected chi connectivity index (χ0v) is 16.2. The number of rotatable bonds is 6. The molecule has 2 aromatic carbocycles. The minimum Gasteiger partial charge on any atom is -0.423 e. The third-order valence-corrected chi connectivity index (χ3v) is 5.24. The van der Waals surface area contributed by atoms with Crippen molar-refractivity contribution in [2.24, 2.45) is 0 Å². The second-order valence-corrected chi connectivity index (χ2v) is 7.25. The first-order valence-electron chi connectivity index (χ1n) is 9.73. The summed E-state index contributed by atoms with van der Waals surface area (Å²) in [4.78, 5) is 14.4. The lowest BCUT2D eigenvalue weighted by molar-refractivity contribution is -0.126. The quantitative estimate of drug-likeness (QED) is 0.526. The molecule has 0 saturated carbocycles.